The van der Waals surface area contributed by atoms with Gasteiger partial charge in [0.1, 0.15) is 0 Å². The molecule has 6 atom stereocenters. The van der Waals surface area contributed by atoms with E-state index in [1.165, 1.54) is 12.8 Å². The Balaban J connectivity index is 1.65. The molecule has 3 rings (SSSR count). The van der Waals surface area contributed by atoms with E-state index in [2.05, 4.69) is 26.2 Å². The minimum absolute atomic E-state index is 0.818. The molecule has 0 aromatic rings. The Morgan fingerprint density at radius 1 is 1.19 bits per heavy atom. The molecular weight excluding hydrogens is 194 g/mol. The Hall–Kier alpha value is -0.0400. The first-order valence-corrected chi connectivity index (χ1v) is 7.45. The Labute approximate surface area is 100 Å². The second-order valence-corrected chi connectivity index (χ2v) is 6.65. The molecule has 0 saturated heterocycles. The molecule has 2 bridgehead atoms. The van der Waals surface area contributed by atoms with Crippen molar-refractivity contribution < 1.29 is 0 Å². The van der Waals surface area contributed by atoms with Crippen molar-refractivity contribution in [1.29, 1.82) is 0 Å². The van der Waals surface area contributed by atoms with E-state index in [4.69, 9.17) is 0 Å². The van der Waals surface area contributed by atoms with Crippen molar-refractivity contribution in [3.05, 3.63) is 0 Å². The van der Waals surface area contributed by atoms with Gasteiger partial charge in [-0.15, -0.1) is 0 Å². The molecule has 0 heterocycles. The Bertz CT molecular complexity index is 246. The monoisotopic (exact) mass is 221 g/mol. The van der Waals surface area contributed by atoms with Crippen LogP contribution >= 0.6 is 0 Å². The van der Waals surface area contributed by atoms with Gasteiger partial charge in [0.05, 0.1) is 0 Å². The first kappa shape index (κ1) is 11.1. The lowest BCUT2D eigenvalue weighted by molar-refractivity contribution is 0.289. The van der Waals surface area contributed by atoms with Crippen molar-refractivity contribution in [3.63, 3.8) is 0 Å². The molecule has 0 aromatic heterocycles. The number of fused-ring (bicyclic) bond motifs is 5. The highest BCUT2D eigenvalue weighted by molar-refractivity contribution is 5.16. The molecule has 0 amide bonds. The third-order valence-corrected chi connectivity index (χ3v) is 5.90. The lowest BCUT2D eigenvalue weighted by Crippen LogP contribution is -2.36. The SMILES string of the molecule is CCCC(C)C(NC)C1C2C3CCC(C3)C21. The first-order chi connectivity index (χ1) is 7.77. The Kier molecular flexibility index (Phi) is 2.78. The predicted molar refractivity (Wildman–Crippen MR) is 68.2 cm³/mol. The van der Waals surface area contributed by atoms with E-state index < -0.39 is 0 Å². The summed E-state index contributed by atoms with van der Waals surface area (Å²) >= 11 is 0. The number of hydrogen-bond acceptors (Lipinski definition) is 1. The zero-order chi connectivity index (χ0) is 11.3. The molecule has 3 aliphatic carbocycles. The van der Waals surface area contributed by atoms with E-state index in [1.807, 2.05) is 0 Å². The van der Waals surface area contributed by atoms with Gasteiger partial charge in [0.25, 0.3) is 0 Å². The van der Waals surface area contributed by atoms with E-state index in [1.54, 1.807) is 19.3 Å². The number of hydrogen-bond donors (Lipinski definition) is 1. The molecule has 3 aliphatic rings. The molecule has 3 saturated carbocycles. The van der Waals surface area contributed by atoms with Gasteiger partial charge in [-0.05, 0) is 68.2 Å². The highest BCUT2D eigenvalue weighted by Crippen LogP contribution is 2.70. The summed E-state index contributed by atoms with van der Waals surface area (Å²) in [4.78, 5) is 0. The highest BCUT2D eigenvalue weighted by Gasteiger charge is 2.66. The van der Waals surface area contributed by atoms with Gasteiger partial charge >= 0.3 is 0 Å². The lowest BCUT2D eigenvalue weighted by atomic mass is 9.88. The van der Waals surface area contributed by atoms with Crippen LogP contribution in [-0.2, 0) is 0 Å². The lowest BCUT2D eigenvalue weighted by Gasteiger charge is -2.26. The number of rotatable bonds is 5. The molecule has 92 valence electrons. The standard InChI is InChI=1S/C15H27N/c1-4-5-9(2)15(16-3)14-12-10-6-7-11(8-10)13(12)14/h9-16H,4-8H2,1-3H3. The molecule has 1 heteroatoms. The predicted octanol–water partition coefficient (Wildman–Crippen LogP) is 3.30. The van der Waals surface area contributed by atoms with Gasteiger partial charge in [0, 0.05) is 6.04 Å². The van der Waals surface area contributed by atoms with Crippen LogP contribution in [0.3, 0.4) is 0 Å². The molecule has 0 radical (unpaired) electrons. The van der Waals surface area contributed by atoms with Crippen molar-refractivity contribution in [1.82, 2.24) is 5.32 Å². The summed E-state index contributed by atoms with van der Waals surface area (Å²) in [5.74, 6) is 6.46. The zero-order valence-corrected chi connectivity index (χ0v) is 11.1. The number of nitrogens with one attached hydrogen (secondary N) is 1. The van der Waals surface area contributed by atoms with Crippen LogP contribution in [0, 0.1) is 35.5 Å². The molecule has 16 heavy (non-hydrogen) atoms. The van der Waals surface area contributed by atoms with Crippen LogP contribution in [0.5, 0.6) is 0 Å². The van der Waals surface area contributed by atoms with Crippen LogP contribution in [0.15, 0.2) is 0 Å². The largest absolute Gasteiger partial charge is 0.316 e. The minimum Gasteiger partial charge on any atom is -0.316 e. The van der Waals surface area contributed by atoms with Gasteiger partial charge in [-0.2, -0.15) is 0 Å². The first-order valence-electron chi connectivity index (χ1n) is 7.45. The van der Waals surface area contributed by atoms with E-state index in [-0.39, 0.29) is 0 Å². The molecule has 0 spiro atoms. The molecule has 3 fully saturated rings. The maximum Gasteiger partial charge on any atom is 0.0124 e. The summed E-state index contributed by atoms with van der Waals surface area (Å²) in [6.07, 6.45) is 7.44. The van der Waals surface area contributed by atoms with Gasteiger partial charge in [-0.3, -0.25) is 0 Å². The summed E-state index contributed by atoms with van der Waals surface area (Å²) in [6, 6.07) is 0.818. The Morgan fingerprint density at radius 3 is 2.31 bits per heavy atom. The third kappa shape index (κ3) is 1.47. The molecule has 1 N–H and O–H groups in total. The topological polar surface area (TPSA) is 12.0 Å². The van der Waals surface area contributed by atoms with Crippen molar-refractivity contribution in [3.8, 4) is 0 Å². The maximum atomic E-state index is 3.65. The van der Waals surface area contributed by atoms with Gasteiger partial charge in [0.2, 0.25) is 0 Å². The normalized spacial score (nSPS) is 47.8. The van der Waals surface area contributed by atoms with Crippen LogP contribution in [-0.4, -0.2) is 13.1 Å². The molecular formula is C15H27N. The van der Waals surface area contributed by atoms with Gasteiger partial charge < -0.3 is 5.32 Å². The van der Waals surface area contributed by atoms with Crippen LogP contribution in [0.2, 0.25) is 0 Å². The zero-order valence-electron chi connectivity index (χ0n) is 11.1. The molecule has 1 nitrogen and oxygen atoms in total. The fourth-order valence-electron chi connectivity index (χ4n) is 5.36. The highest BCUT2D eigenvalue weighted by atomic mass is 14.9. The average Bonchev–Trinajstić information content (AvgIpc) is 2.71. The smallest absolute Gasteiger partial charge is 0.0124 e. The van der Waals surface area contributed by atoms with Crippen molar-refractivity contribution in [2.75, 3.05) is 7.05 Å². The van der Waals surface area contributed by atoms with E-state index >= 15 is 0 Å². The van der Waals surface area contributed by atoms with Crippen molar-refractivity contribution >= 4 is 0 Å². The second kappa shape index (κ2) is 4.01. The Morgan fingerprint density at radius 2 is 1.81 bits per heavy atom. The van der Waals surface area contributed by atoms with Crippen molar-refractivity contribution in [2.24, 2.45) is 35.5 Å². The van der Waals surface area contributed by atoms with E-state index in [0.717, 1.165) is 41.5 Å². The minimum atomic E-state index is 0.818. The average molecular weight is 221 g/mol. The van der Waals surface area contributed by atoms with Crippen LogP contribution in [0.4, 0.5) is 0 Å². The van der Waals surface area contributed by atoms with E-state index in [0.29, 0.717) is 0 Å². The molecule has 0 aliphatic heterocycles. The van der Waals surface area contributed by atoms with Crippen LogP contribution < -0.4 is 5.32 Å². The molecule has 6 unspecified atom stereocenters. The summed E-state index contributed by atoms with van der Waals surface area (Å²) < 4.78 is 0. The second-order valence-electron chi connectivity index (χ2n) is 6.65. The summed E-state index contributed by atoms with van der Waals surface area (Å²) in [5, 5.41) is 3.65. The van der Waals surface area contributed by atoms with Gasteiger partial charge in [0.15, 0.2) is 0 Å². The fraction of sp³-hybridized carbons (Fsp3) is 1.00. The summed E-state index contributed by atoms with van der Waals surface area (Å²) in [5.41, 5.74) is 0. The van der Waals surface area contributed by atoms with Crippen LogP contribution in [0.25, 0.3) is 0 Å². The maximum absolute atomic E-state index is 3.65. The quantitative estimate of drug-likeness (QED) is 0.751. The van der Waals surface area contributed by atoms with Gasteiger partial charge in [-0.1, -0.05) is 20.3 Å². The third-order valence-electron chi connectivity index (χ3n) is 5.90. The molecule has 0 aromatic carbocycles. The van der Waals surface area contributed by atoms with Crippen LogP contribution in [0.1, 0.15) is 46.0 Å². The van der Waals surface area contributed by atoms with E-state index in [9.17, 15) is 0 Å². The summed E-state index contributed by atoms with van der Waals surface area (Å²) in [6.45, 7) is 4.78. The summed E-state index contributed by atoms with van der Waals surface area (Å²) in [7, 11) is 2.19. The van der Waals surface area contributed by atoms with Gasteiger partial charge in [-0.25, -0.2) is 0 Å². The van der Waals surface area contributed by atoms with Crippen molar-refractivity contribution in [2.45, 2.75) is 52.0 Å². The fourth-order valence-corrected chi connectivity index (χ4v) is 5.36.